The Morgan fingerprint density at radius 1 is 0.952 bits per heavy atom. The summed E-state index contributed by atoms with van der Waals surface area (Å²) in [5.41, 5.74) is 2.37. The fourth-order valence-electron chi connectivity index (χ4n) is 7.31. The van der Waals surface area contributed by atoms with Crippen LogP contribution in [-0.2, 0) is 0 Å². The molecule has 0 saturated heterocycles. The molecule has 6 atom stereocenters. The average Bonchev–Trinajstić information content (AvgIpc) is 2.88. The lowest BCUT2D eigenvalue weighted by atomic mass is 9.45. The second-order valence-electron chi connectivity index (χ2n) is 8.99. The summed E-state index contributed by atoms with van der Waals surface area (Å²) in [7, 11) is 0. The van der Waals surface area contributed by atoms with Gasteiger partial charge in [0.15, 0.2) is 0 Å². The Morgan fingerprint density at radius 3 is 2.62 bits per heavy atom. The van der Waals surface area contributed by atoms with E-state index in [0.29, 0.717) is 10.8 Å². The molecule has 0 unspecified atom stereocenters. The SMILES string of the molecule is C[C@@]12CCC[C@@H]1[C@@H]1CC[C@@H]3CCC/C(=N\N)[C@]3(C)[C@H]1CC2. The molecule has 0 heterocycles. The van der Waals surface area contributed by atoms with Crippen LogP contribution in [0.4, 0.5) is 0 Å². The Hall–Kier alpha value is -0.530. The summed E-state index contributed by atoms with van der Waals surface area (Å²) >= 11 is 0. The van der Waals surface area contributed by atoms with E-state index < -0.39 is 0 Å². The quantitative estimate of drug-likeness (QED) is 0.507. The van der Waals surface area contributed by atoms with E-state index in [9.17, 15) is 0 Å². The Bertz CT molecular complexity index is 456. The Balaban J connectivity index is 1.71. The van der Waals surface area contributed by atoms with Crippen LogP contribution in [0.15, 0.2) is 5.10 Å². The largest absolute Gasteiger partial charge is 0.323 e. The molecule has 21 heavy (non-hydrogen) atoms. The van der Waals surface area contributed by atoms with Crippen molar-refractivity contribution in [2.45, 2.75) is 78.1 Å². The van der Waals surface area contributed by atoms with E-state index in [2.05, 4.69) is 18.9 Å². The predicted octanol–water partition coefficient (Wildman–Crippen LogP) is 4.73. The van der Waals surface area contributed by atoms with Crippen molar-refractivity contribution in [3.05, 3.63) is 0 Å². The molecule has 4 saturated carbocycles. The van der Waals surface area contributed by atoms with E-state index in [1.165, 1.54) is 63.5 Å². The summed E-state index contributed by atoms with van der Waals surface area (Å²) in [5.74, 6) is 9.53. The maximum absolute atomic E-state index is 5.84. The van der Waals surface area contributed by atoms with Crippen molar-refractivity contribution in [1.82, 2.24) is 0 Å². The third-order valence-corrected chi connectivity index (χ3v) is 8.43. The number of hydrazone groups is 1. The topological polar surface area (TPSA) is 38.4 Å². The van der Waals surface area contributed by atoms with E-state index in [1.807, 2.05) is 0 Å². The van der Waals surface area contributed by atoms with E-state index >= 15 is 0 Å². The highest BCUT2D eigenvalue weighted by Gasteiger charge is 2.58. The molecular formula is C19H32N2. The van der Waals surface area contributed by atoms with Crippen LogP contribution in [0.25, 0.3) is 0 Å². The second-order valence-corrected chi connectivity index (χ2v) is 8.99. The number of fused-ring (bicyclic) bond motifs is 5. The molecule has 0 bridgehead atoms. The fourth-order valence-corrected chi connectivity index (χ4v) is 7.31. The first-order valence-corrected chi connectivity index (χ1v) is 9.37. The van der Waals surface area contributed by atoms with Crippen molar-refractivity contribution >= 4 is 5.71 Å². The van der Waals surface area contributed by atoms with Gasteiger partial charge in [-0.1, -0.05) is 20.3 Å². The third kappa shape index (κ3) is 1.80. The van der Waals surface area contributed by atoms with Gasteiger partial charge in [-0.15, -0.1) is 0 Å². The van der Waals surface area contributed by atoms with Gasteiger partial charge in [0.1, 0.15) is 0 Å². The van der Waals surface area contributed by atoms with Crippen LogP contribution in [-0.4, -0.2) is 5.71 Å². The van der Waals surface area contributed by atoms with E-state index in [4.69, 9.17) is 5.84 Å². The number of hydrogen-bond acceptors (Lipinski definition) is 2. The van der Waals surface area contributed by atoms with Gasteiger partial charge < -0.3 is 5.84 Å². The Kier molecular flexibility index (Phi) is 3.17. The molecule has 4 aliphatic carbocycles. The van der Waals surface area contributed by atoms with Crippen molar-refractivity contribution in [2.24, 2.45) is 45.4 Å². The van der Waals surface area contributed by atoms with Gasteiger partial charge in [0.25, 0.3) is 0 Å². The van der Waals surface area contributed by atoms with Crippen LogP contribution < -0.4 is 5.84 Å². The first-order chi connectivity index (χ1) is 10.1. The van der Waals surface area contributed by atoms with Crippen LogP contribution in [0, 0.1) is 34.5 Å². The maximum atomic E-state index is 5.84. The van der Waals surface area contributed by atoms with Crippen molar-refractivity contribution in [3.8, 4) is 0 Å². The van der Waals surface area contributed by atoms with E-state index in [1.54, 1.807) is 0 Å². The first kappa shape index (κ1) is 14.1. The van der Waals surface area contributed by atoms with Gasteiger partial charge >= 0.3 is 0 Å². The zero-order valence-corrected chi connectivity index (χ0v) is 13.9. The highest BCUT2D eigenvalue weighted by Crippen LogP contribution is 2.65. The molecule has 0 aromatic rings. The van der Waals surface area contributed by atoms with Crippen LogP contribution in [0.3, 0.4) is 0 Å². The first-order valence-electron chi connectivity index (χ1n) is 9.37. The van der Waals surface area contributed by atoms with Crippen LogP contribution in [0.1, 0.15) is 78.1 Å². The number of nitrogens with zero attached hydrogens (tertiary/aromatic N) is 1. The van der Waals surface area contributed by atoms with Gasteiger partial charge in [-0.3, -0.25) is 0 Å². The molecule has 4 rings (SSSR count). The molecular weight excluding hydrogens is 256 g/mol. The molecule has 2 nitrogen and oxygen atoms in total. The number of rotatable bonds is 0. The summed E-state index contributed by atoms with van der Waals surface area (Å²) in [6.07, 6.45) is 14.2. The molecule has 0 spiro atoms. The van der Waals surface area contributed by atoms with Crippen molar-refractivity contribution in [2.75, 3.05) is 0 Å². The summed E-state index contributed by atoms with van der Waals surface area (Å²) in [6.45, 7) is 5.13. The maximum Gasteiger partial charge on any atom is 0.0440 e. The van der Waals surface area contributed by atoms with Gasteiger partial charge in [-0.25, -0.2) is 0 Å². The standard InChI is InChI=1S/C19H32N2/c1-18-11-4-6-15(18)14-9-8-13-5-3-7-17(21-20)19(13,2)16(14)10-12-18/h13-16H,3-12,20H2,1-2H3/b21-17+/t13-,14-,15+,16-,18-,19-/m0/s1. The minimum Gasteiger partial charge on any atom is -0.323 e. The molecule has 0 aromatic carbocycles. The van der Waals surface area contributed by atoms with Gasteiger partial charge in [-0.05, 0) is 86.9 Å². The predicted molar refractivity (Wildman–Crippen MR) is 88.0 cm³/mol. The van der Waals surface area contributed by atoms with Crippen LogP contribution in [0.5, 0.6) is 0 Å². The summed E-state index contributed by atoms with van der Waals surface area (Å²) in [5, 5.41) is 4.31. The molecule has 2 N–H and O–H groups in total. The molecule has 0 aromatic heterocycles. The monoisotopic (exact) mass is 288 g/mol. The van der Waals surface area contributed by atoms with Crippen molar-refractivity contribution in [1.29, 1.82) is 0 Å². The highest BCUT2D eigenvalue weighted by atomic mass is 15.1. The van der Waals surface area contributed by atoms with Crippen molar-refractivity contribution < 1.29 is 0 Å². The van der Waals surface area contributed by atoms with Crippen molar-refractivity contribution in [3.63, 3.8) is 0 Å². The smallest absolute Gasteiger partial charge is 0.0440 e. The summed E-state index contributed by atoms with van der Waals surface area (Å²) in [6, 6.07) is 0. The number of nitrogens with two attached hydrogens (primary N) is 1. The third-order valence-electron chi connectivity index (χ3n) is 8.43. The summed E-state index contributed by atoms with van der Waals surface area (Å²) in [4.78, 5) is 0. The molecule has 118 valence electrons. The molecule has 4 aliphatic rings. The molecule has 0 amide bonds. The molecule has 0 radical (unpaired) electrons. The average molecular weight is 288 g/mol. The van der Waals surface area contributed by atoms with E-state index in [0.717, 1.165) is 30.1 Å². The van der Waals surface area contributed by atoms with Gasteiger partial charge in [0.05, 0.1) is 0 Å². The fraction of sp³-hybridized carbons (Fsp3) is 0.947. The van der Waals surface area contributed by atoms with Crippen LogP contribution in [0.2, 0.25) is 0 Å². The highest BCUT2D eigenvalue weighted by molar-refractivity contribution is 5.91. The lowest BCUT2D eigenvalue weighted by Crippen LogP contribution is -2.55. The minimum atomic E-state index is 0.333. The Labute approximate surface area is 129 Å². The number of hydrogen-bond donors (Lipinski definition) is 1. The van der Waals surface area contributed by atoms with Gasteiger partial charge in [0, 0.05) is 11.1 Å². The normalized spacial score (nSPS) is 54.9. The Morgan fingerprint density at radius 2 is 1.81 bits per heavy atom. The van der Waals surface area contributed by atoms with Crippen LogP contribution >= 0.6 is 0 Å². The molecule has 4 fully saturated rings. The molecule has 2 heteroatoms. The lowest BCUT2D eigenvalue weighted by molar-refractivity contribution is -0.0616. The summed E-state index contributed by atoms with van der Waals surface area (Å²) < 4.78 is 0. The van der Waals surface area contributed by atoms with Gasteiger partial charge in [-0.2, -0.15) is 5.10 Å². The zero-order chi connectivity index (χ0) is 14.7. The zero-order valence-electron chi connectivity index (χ0n) is 13.9. The molecule has 0 aliphatic heterocycles. The minimum absolute atomic E-state index is 0.333. The second kappa shape index (κ2) is 4.73. The van der Waals surface area contributed by atoms with E-state index in [-0.39, 0.29) is 0 Å². The van der Waals surface area contributed by atoms with Gasteiger partial charge in [0.2, 0.25) is 0 Å². The lowest BCUT2D eigenvalue weighted by Gasteiger charge is -2.59.